The first-order valence-electron chi connectivity index (χ1n) is 12.5. The molecule has 15 atom stereocenters. The highest BCUT2D eigenvalue weighted by atomic mass is 32.3. The number of hydrogen-bond donors (Lipinski definition) is 9. The van der Waals surface area contributed by atoms with Crippen LogP contribution in [-0.4, -0.2) is 167 Å². The van der Waals surface area contributed by atoms with Crippen molar-refractivity contribution in [1.82, 2.24) is 5.32 Å². The third-order valence-electron chi connectivity index (χ3n) is 6.87. The topological polar surface area (TPSA) is 290 Å². The molecule has 0 saturated carbocycles. The number of carbonyl (C=O) groups is 1. The quantitative estimate of drug-likeness (QED) is 0.102. The van der Waals surface area contributed by atoms with Gasteiger partial charge in [0.2, 0.25) is 5.91 Å². The lowest BCUT2D eigenvalue weighted by atomic mass is 9.94. The Morgan fingerprint density at radius 3 is 1.83 bits per heavy atom. The van der Waals surface area contributed by atoms with Crippen LogP contribution in [0, 0.1) is 0 Å². The van der Waals surface area contributed by atoms with E-state index in [4.69, 9.17) is 33.0 Å². The monoisotopic (exact) mass is 623 g/mol. The summed E-state index contributed by atoms with van der Waals surface area (Å²) in [6, 6.07) is -1.27. The summed E-state index contributed by atoms with van der Waals surface area (Å²) >= 11 is 0. The number of nitrogens with one attached hydrogen (secondary N) is 1. The summed E-state index contributed by atoms with van der Waals surface area (Å²) in [7, 11) is -3.94. The number of methoxy groups -OCH3 is 1. The predicted octanol–water partition coefficient (Wildman–Crippen LogP) is -5.92. The maximum Gasteiger partial charge on any atom is 0.397 e. The van der Waals surface area contributed by atoms with E-state index < -0.39 is 122 Å². The summed E-state index contributed by atoms with van der Waals surface area (Å²) in [5.74, 6) is -0.612. The van der Waals surface area contributed by atoms with Gasteiger partial charge in [-0.2, -0.15) is 8.42 Å². The minimum atomic E-state index is -5.16. The van der Waals surface area contributed by atoms with Gasteiger partial charge >= 0.3 is 10.4 Å². The lowest BCUT2D eigenvalue weighted by Crippen LogP contribution is -2.69. The van der Waals surface area contributed by atoms with E-state index in [1.165, 1.54) is 14.0 Å². The summed E-state index contributed by atoms with van der Waals surface area (Å²) in [5.41, 5.74) is 0. The van der Waals surface area contributed by atoms with Gasteiger partial charge in [-0.25, -0.2) is 4.18 Å². The fourth-order valence-electron chi connectivity index (χ4n) is 4.83. The van der Waals surface area contributed by atoms with Crippen LogP contribution in [-0.2, 0) is 47.8 Å². The van der Waals surface area contributed by atoms with Crippen molar-refractivity contribution in [1.29, 1.82) is 0 Å². The van der Waals surface area contributed by atoms with Crippen LogP contribution >= 0.6 is 0 Å². The van der Waals surface area contributed by atoms with E-state index >= 15 is 0 Å². The molecule has 240 valence electrons. The lowest BCUT2D eigenvalue weighted by Gasteiger charge is -2.50. The maximum atomic E-state index is 12.1. The largest absolute Gasteiger partial charge is 0.397 e. The van der Waals surface area contributed by atoms with Crippen LogP contribution < -0.4 is 5.32 Å². The molecule has 3 rings (SSSR count). The van der Waals surface area contributed by atoms with Gasteiger partial charge in [-0.3, -0.25) is 9.35 Å². The van der Waals surface area contributed by atoms with Gasteiger partial charge in [0, 0.05) is 14.0 Å². The van der Waals surface area contributed by atoms with Gasteiger partial charge in [-0.1, -0.05) is 0 Å². The molecule has 19 nitrogen and oxygen atoms in total. The number of carbonyl (C=O) groups excluding carboxylic acids is 1. The van der Waals surface area contributed by atoms with E-state index in [2.05, 4.69) is 9.50 Å². The van der Waals surface area contributed by atoms with Crippen LogP contribution in [0.3, 0.4) is 0 Å². The molecular weight excluding hydrogens is 586 g/mol. The second kappa shape index (κ2) is 14.1. The minimum Gasteiger partial charge on any atom is -0.394 e. The Morgan fingerprint density at radius 1 is 0.780 bits per heavy atom. The molecule has 0 aromatic carbocycles. The summed E-state index contributed by atoms with van der Waals surface area (Å²) in [6.45, 7) is 0.778. The van der Waals surface area contributed by atoms with Gasteiger partial charge in [-0.15, -0.1) is 0 Å². The first-order valence-corrected chi connectivity index (χ1v) is 13.8. The molecule has 0 unspecified atom stereocenters. The number of amides is 1. The Morgan fingerprint density at radius 2 is 1.29 bits per heavy atom. The lowest BCUT2D eigenvalue weighted by molar-refractivity contribution is -0.371. The van der Waals surface area contributed by atoms with Crippen molar-refractivity contribution >= 4 is 16.3 Å². The highest BCUT2D eigenvalue weighted by molar-refractivity contribution is 7.80. The van der Waals surface area contributed by atoms with Crippen molar-refractivity contribution in [3.8, 4) is 0 Å². The number of aliphatic hydroxyl groups is 7. The Labute approximate surface area is 234 Å². The van der Waals surface area contributed by atoms with Crippen molar-refractivity contribution in [2.75, 3.05) is 20.3 Å². The van der Waals surface area contributed by atoms with Crippen LogP contribution in [0.5, 0.6) is 0 Å². The minimum absolute atomic E-state index is 0.612. The standard InChI is InChI=1S/C21H37NO18S/c1-6-11(26)12(27)14(29)20(35-6)39-18-10(22-7(2)25)19(34-3)36-9(5-24)17(18)38-21-15(30)13(28)16(8(4-23)37-21)40-41(31,32)33/h6,8-21,23-24,26-30H,4-5H2,1-3H3,(H,22,25)(H,31,32,33)/t6-,8+,9+,10+,11+,12+,13+,14-,15+,16-,17+,18+,19+,20-,21-/m0/s1. The first-order chi connectivity index (χ1) is 19.1. The molecule has 0 aromatic heterocycles. The second-order valence-corrected chi connectivity index (χ2v) is 10.8. The van der Waals surface area contributed by atoms with Crippen LogP contribution in [0.15, 0.2) is 0 Å². The fraction of sp³-hybridized carbons (Fsp3) is 0.952. The number of aliphatic hydroxyl groups excluding tert-OH is 7. The maximum absolute atomic E-state index is 12.1. The molecule has 0 bridgehead atoms. The molecule has 41 heavy (non-hydrogen) atoms. The SMILES string of the molecule is CO[C@@H]1O[C@H](CO)[C@@H](O[C@@H]2O[C@H](CO)[C@H](OS(=O)(=O)O)[C@H](O)[C@H]2O)[C@H](O[C@@H]2O[C@@H](C)[C@@H](O)[C@@H](O)[C@@H]2O)[C@H]1NC(C)=O. The van der Waals surface area contributed by atoms with Gasteiger partial charge < -0.3 is 69.5 Å². The molecule has 3 heterocycles. The smallest absolute Gasteiger partial charge is 0.394 e. The summed E-state index contributed by atoms with van der Waals surface area (Å²) in [6.07, 6.45) is -23.1. The zero-order valence-corrected chi connectivity index (χ0v) is 23.0. The molecule has 0 spiro atoms. The molecule has 1 amide bonds. The van der Waals surface area contributed by atoms with E-state index in [9.17, 15) is 49.0 Å². The zero-order chi connectivity index (χ0) is 30.8. The van der Waals surface area contributed by atoms with Gasteiger partial charge in [0.05, 0.1) is 19.3 Å². The molecule has 0 aromatic rings. The van der Waals surface area contributed by atoms with E-state index in [-0.39, 0.29) is 0 Å². The molecular formula is C21H37NO18S. The average Bonchev–Trinajstić information content (AvgIpc) is 2.90. The highest BCUT2D eigenvalue weighted by Crippen LogP contribution is 2.34. The number of hydrogen-bond acceptors (Lipinski definition) is 17. The Balaban J connectivity index is 1.96. The van der Waals surface area contributed by atoms with E-state index in [0.29, 0.717) is 0 Å². The van der Waals surface area contributed by atoms with E-state index in [0.717, 1.165) is 6.92 Å². The third-order valence-corrected chi connectivity index (χ3v) is 7.34. The normalized spacial score (nSPS) is 45.8. The number of rotatable bonds is 10. The van der Waals surface area contributed by atoms with Crippen molar-refractivity contribution < 1.29 is 86.1 Å². The summed E-state index contributed by atoms with van der Waals surface area (Å²) in [4.78, 5) is 12.1. The predicted molar refractivity (Wildman–Crippen MR) is 127 cm³/mol. The van der Waals surface area contributed by atoms with Crippen molar-refractivity contribution in [3.63, 3.8) is 0 Å². The zero-order valence-electron chi connectivity index (χ0n) is 22.1. The first kappa shape index (κ1) is 34.3. The van der Waals surface area contributed by atoms with E-state index in [1.54, 1.807) is 0 Å². The Kier molecular flexibility index (Phi) is 11.8. The molecule has 9 N–H and O–H groups in total. The average molecular weight is 624 g/mol. The van der Waals surface area contributed by atoms with Gasteiger partial charge in [-0.05, 0) is 6.92 Å². The Bertz CT molecular complexity index is 970. The van der Waals surface area contributed by atoms with Gasteiger partial charge in [0.1, 0.15) is 67.1 Å². The molecule has 3 fully saturated rings. The molecule has 3 aliphatic rings. The van der Waals surface area contributed by atoms with Gasteiger partial charge in [0.15, 0.2) is 18.9 Å². The highest BCUT2D eigenvalue weighted by Gasteiger charge is 2.55. The molecule has 20 heteroatoms. The Hall–Kier alpha value is -1.18. The fourth-order valence-corrected chi connectivity index (χ4v) is 5.34. The second-order valence-electron chi connectivity index (χ2n) is 9.77. The van der Waals surface area contributed by atoms with Gasteiger partial charge in [0.25, 0.3) is 0 Å². The van der Waals surface area contributed by atoms with Crippen molar-refractivity contribution in [2.45, 2.75) is 106 Å². The van der Waals surface area contributed by atoms with Crippen LogP contribution in [0.2, 0.25) is 0 Å². The summed E-state index contributed by atoms with van der Waals surface area (Å²) < 4.78 is 69.4. The molecule has 3 saturated heterocycles. The van der Waals surface area contributed by atoms with Crippen molar-refractivity contribution in [2.24, 2.45) is 0 Å². The van der Waals surface area contributed by atoms with E-state index in [1.807, 2.05) is 0 Å². The molecule has 0 radical (unpaired) electrons. The third kappa shape index (κ3) is 7.86. The summed E-state index contributed by atoms with van der Waals surface area (Å²) in [5, 5.41) is 74.3. The number of ether oxygens (including phenoxy) is 6. The van der Waals surface area contributed by atoms with Crippen LogP contribution in [0.25, 0.3) is 0 Å². The van der Waals surface area contributed by atoms with Crippen LogP contribution in [0.1, 0.15) is 13.8 Å². The van der Waals surface area contributed by atoms with Crippen molar-refractivity contribution in [3.05, 3.63) is 0 Å². The van der Waals surface area contributed by atoms with Crippen LogP contribution in [0.4, 0.5) is 0 Å². The molecule has 3 aliphatic heterocycles. The molecule has 0 aliphatic carbocycles.